The lowest BCUT2D eigenvalue weighted by Crippen LogP contribution is -2.11. The van der Waals surface area contributed by atoms with Gasteiger partial charge in [-0.1, -0.05) is 18.6 Å². The molecule has 4 N–H and O–H groups in total. The Morgan fingerprint density at radius 1 is 1.31 bits per heavy atom. The van der Waals surface area contributed by atoms with Crippen molar-refractivity contribution in [3.8, 4) is 5.75 Å². The Morgan fingerprint density at radius 2 is 2.06 bits per heavy atom. The number of nitrogens with two attached hydrogens (primary N) is 2. The molecule has 0 unspecified atom stereocenters. The number of benzene rings is 1. The number of hydrogen-bond acceptors (Lipinski definition) is 3. The maximum atomic E-state index is 6.06. The van der Waals surface area contributed by atoms with Crippen LogP contribution >= 0.6 is 12.4 Å². The van der Waals surface area contributed by atoms with E-state index in [0.29, 0.717) is 0 Å². The minimum Gasteiger partial charge on any atom is -0.497 e. The van der Waals surface area contributed by atoms with Crippen molar-refractivity contribution in [2.75, 3.05) is 13.7 Å². The monoisotopic (exact) mass is 244 g/mol. The highest BCUT2D eigenvalue weighted by molar-refractivity contribution is 5.85. The molecule has 0 aromatic heterocycles. The molecule has 0 aliphatic carbocycles. The fourth-order valence-electron chi connectivity index (χ4n) is 1.55. The Kier molecular flexibility index (Phi) is 7.99. The van der Waals surface area contributed by atoms with E-state index in [2.05, 4.69) is 0 Å². The van der Waals surface area contributed by atoms with Gasteiger partial charge in [-0.05, 0) is 37.1 Å². The molecular formula is C12H21ClN2O. The molecule has 1 atom stereocenters. The first kappa shape index (κ1) is 15.2. The molecule has 0 bridgehead atoms. The van der Waals surface area contributed by atoms with Gasteiger partial charge in [0, 0.05) is 6.04 Å². The van der Waals surface area contributed by atoms with Gasteiger partial charge < -0.3 is 16.2 Å². The average Bonchev–Trinajstić information content (AvgIpc) is 2.29. The summed E-state index contributed by atoms with van der Waals surface area (Å²) in [6.45, 7) is 0.741. The van der Waals surface area contributed by atoms with E-state index in [0.717, 1.165) is 37.1 Å². The Morgan fingerprint density at radius 3 is 2.69 bits per heavy atom. The van der Waals surface area contributed by atoms with Gasteiger partial charge in [0.05, 0.1) is 7.11 Å². The van der Waals surface area contributed by atoms with Crippen LogP contribution in [0.25, 0.3) is 0 Å². The van der Waals surface area contributed by atoms with E-state index in [9.17, 15) is 0 Å². The zero-order valence-corrected chi connectivity index (χ0v) is 10.5. The number of unbranched alkanes of at least 4 members (excludes halogenated alkanes) is 1. The molecule has 0 amide bonds. The lowest BCUT2D eigenvalue weighted by atomic mass is 10.0. The number of rotatable bonds is 6. The maximum absolute atomic E-state index is 6.06. The molecule has 0 spiro atoms. The van der Waals surface area contributed by atoms with E-state index >= 15 is 0 Å². The lowest BCUT2D eigenvalue weighted by Gasteiger charge is -2.12. The largest absolute Gasteiger partial charge is 0.497 e. The van der Waals surface area contributed by atoms with Crippen molar-refractivity contribution in [2.24, 2.45) is 11.5 Å². The van der Waals surface area contributed by atoms with Gasteiger partial charge >= 0.3 is 0 Å². The van der Waals surface area contributed by atoms with Crippen molar-refractivity contribution in [3.05, 3.63) is 29.8 Å². The first-order valence-corrected chi connectivity index (χ1v) is 5.37. The molecule has 0 fully saturated rings. The van der Waals surface area contributed by atoms with E-state index in [-0.39, 0.29) is 18.4 Å². The van der Waals surface area contributed by atoms with Crippen molar-refractivity contribution in [1.82, 2.24) is 0 Å². The third-order valence-electron chi connectivity index (χ3n) is 2.49. The molecule has 1 rings (SSSR count). The van der Waals surface area contributed by atoms with Crippen LogP contribution in [0.5, 0.6) is 5.75 Å². The fourth-order valence-corrected chi connectivity index (χ4v) is 1.55. The number of hydrogen-bond donors (Lipinski definition) is 2. The van der Waals surface area contributed by atoms with E-state index in [1.807, 2.05) is 24.3 Å². The van der Waals surface area contributed by atoms with Gasteiger partial charge in [0.15, 0.2) is 0 Å². The second-order valence-corrected chi connectivity index (χ2v) is 3.67. The molecule has 0 aliphatic rings. The fraction of sp³-hybridized carbons (Fsp3) is 0.500. The van der Waals surface area contributed by atoms with Gasteiger partial charge in [0.1, 0.15) is 5.75 Å². The van der Waals surface area contributed by atoms with Gasteiger partial charge in [0.2, 0.25) is 0 Å². The second kappa shape index (κ2) is 8.39. The highest BCUT2D eigenvalue weighted by atomic mass is 35.5. The SMILES string of the molecule is COc1cccc([C@H](N)CCCCN)c1.Cl. The van der Waals surface area contributed by atoms with Gasteiger partial charge in [-0.2, -0.15) is 0 Å². The first-order chi connectivity index (χ1) is 7.27. The van der Waals surface area contributed by atoms with E-state index in [1.165, 1.54) is 0 Å². The molecule has 0 radical (unpaired) electrons. The van der Waals surface area contributed by atoms with Crippen LogP contribution in [0.2, 0.25) is 0 Å². The van der Waals surface area contributed by atoms with Crippen LogP contribution in [-0.4, -0.2) is 13.7 Å². The molecule has 0 heterocycles. The van der Waals surface area contributed by atoms with Crippen LogP contribution in [0.1, 0.15) is 30.9 Å². The molecule has 16 heavy (non-hydrogen) atoms. The van der Waals surface area contributed by atoms with Crippen molar-refractivity contribution >= 4 is 12.4 Å². The van der Waals surface area contributed by atoms with Crippen LogP contribution in [0, 0.1) is 0 Å². The van der Waals surface area contributed by atoms with Gasteiger partial charge in [-0.15, -0.1) is 12.4 Å². The first-order valence-electron chi connectivity index (χ1n) is 5.37. The van der Waals surface area contributed by atoms with Crippen LogP contribution in [0.4, 0.5) is 0 Å². The maximum Gasteiger partial charge on any atom is 0.119 e. The lowest BCUT2D eigenvalue weighted by molar-refractivity contribution is 0.413. The minimum atomic E-state index is 0. The molecule has 1 aromatic rings. The van der Waals surface area contributed by atoms with Crippen molar-refractivity contribution < 1.29 is 4.74 Å². The molecule has 0 saturated heterocycles. The van der Waals surface area contributed by atoms with Crippen LogP contribution in [0.3, 0.4) is 0 Å². The summed E-state index contributed by atoms with van der Waals surface area (Å²) in [5.74, 6) is 0.863. The smallest absolute Gasteiger partial charge is 0.119 e. The normalized spacial score (nSPS) is 11.7. The summed E-state index contributed by atoms with van der Waals surface area (Å²) in [5, 5.41) is 0. The van der Waals surface area contributed by atoms with Crippen molar-refractivity contribution in [1.29, 1.82) is 0 Å². The van der Waals surface area contributed by atoms with Gasteiger partial charge in [-0.25, -0.2) is 0 Å². The molecule has 92 valence electrons. The molecule has 1 aromatic carbocycles. The summed E-state index contributed by atoms with van der Waals surface area (Å²) in [6, 6.07) is 8.02. The summed E-state index contributed by atoms with van der Waals surface area (Å²) in [7, 11) is 1.67. The Balaban J connectivity index is 0.00000225. The molecule has 4 heteroatoms. The number of ether oxygens (including phenoxy) is 1. The van der Waals surface area contributed by atoms with Crippen molar-refractivity contribution in [3.63, 3.8) is 0 Å². The third kappa shape index (κ3) is 4.84. The average molecular weight is 245 g/mol. The quantitative estimate of drug-likeness (QED) is 0.755. The molecule has 3 nitrogen and oxygen atoms in total. The summed E-state index contributed by atoms with van der Waals surface area (Å²) >= 11 is 0. The summed E-state index contributed by atoms with van der Waals surface area (Å²) in [6.07, 6.45) is 3.09. The predicted molar refractivity (Wildman–Crippen MR) is 70.1 cm³/mol. The van der Waals surface area contributed by atoms with Gasteiger partial charge in [0.25, 0.3) is 0 Å². The number of methoxy groups -OCH3 is 1. The van der Waals surface area contributed by atoms with Crippen LogP contribution in [0.15, 0.2) is 24.3 Å². The van der Waals surface area contributed by atoms with E-state index in [4.69, 9.17) is 16.2 Å². The van der Waals surface area contributed by atoms with Crippen LogP contribution in [-0.2, 0) is 0 Å². The Labute approximate surface area is 104 Å². The van der Waals surface area contributed by atoms with Crippen LogP contribution < -0.4 is 16.2 Å². The molecule has 0 saturated carbocycles. The molecular weight excluding hydrogens is 224 g/mol. The predicted octanol–water partition coefficient (Wildman–Crippen LogP) is 2.25. The standard InChI is InChI=1S/C12H20N2O.ClH/c1-15-11-6-4-5-10(9-11)12(14)7-2-3-8-13;/h4-6,9,12H,2-3,7-8,13-14H2,1H3;1H/t12-;/m1./s1. The summed E-state index contributed by atoms with van der Waals surface area (Å²) < 4.78 is 5.16. The summed E-state index contributed by atoms with van der Waals surface area (Å²) in [5.41, 5.74) is 12.6. The summed E-state index contributed by atoms with van der Waals surface area (Å²) in [4.78, 5) is 0. The van der Waals surface area contributed by atoms with Gasteiger partial charge in [-0.3, -0.25) is 0 Å². The van der Waals surface area contributed by atoms with E-state index < -0.39 is 0 Å². The number of halogens is 1. The zero-order valence-electron chi connectivity index (χ0n) is 9.69. The van der Waals surface area contributed by atoms with Crippen molar-refractivity contribution in [2.45, 2.75) is 25.3 Å². The Hall–Kier alpha value is -0.770. The Bertz CT molecular complexity index is 294. The highest BCUT2D eigenvalue weighted by Crippen LogP contribution is 2.20. The zero-order chi connectivity index (χ0) is 11.1. The topological polar surface area (TPSA) is 61.3 Å². The van der Waals surface area contributed by atoms with E-state index in [1.54, 1.807) is 7.11 Å². The minimum absolute atomic E-state index is 0. The molecule has 0 aliphatic heterocycles. The highest BCUT2D eigenvalue weighted by Gasteiger charge is 2.05. The third-order valence-corrected chi connectivity index (χ3v) is 2.49. The second-order valence-electron chi connectivity index (χ2n) is 3.67.